The minimum absolute atomic E-state index is 0.121. The molecule has 0 N–H and O–H groups in total. The molecule has 0 spiro atoms. The van der Waals surface area contributed by atoms with Crippen LogP contribution in [0.1, 0.15) is 45.2 Å². The monoisotopic (exact) mass is 363 g/mol. The maximum absolute atomic E-state index is 12.7. The molecule has 1 aliphatic rings. The molecule has 0 aliphatic heterocycles. The summed E-state index contributed by atoms with van der Waals surface area (Å²) in [5, 5.41) is 0. The third-order valence-corrected chi connectivity index (χ3v) is 6.32. The minimum Gasteiger partial charge on any atom is -0.334 e. The first kappa shape index (κ1) is 14.8. The summed E-state index contributed by atoms with van der Waals surface area (Å²) < 4.78 is 1.04. The lowest BCUT2D eigenvalue weighted by atomic mass is 9.87. The van der Waals surface area contributed by atoms with E-state index in [0.717, 1.165) is 33.5 Å². The molecule has 0 saturated heterocycles. The van der Waals surface area contributed by atoms with Gasteiger partial charge in [0.15, 0.2) is 0 Å². The Bertz CT molecular complexity index is 660. The largest absolute Gasteiger partial charge is 0.334 e. The molecular weight excluding hydrogens is 346 g/mol. The number of halogens is 1. The number of carbonyl (C=O) groups excluding carboxylic acids is 1. The second-order valence-electron chi connectivity index (χ2n) is 5.59. The fraction of sp³-hybridized carbons (Fsp3) is 0.353. The first-order valence-corrected chi connectivity index (χ1v) is 8.80. The molecule has 1 heterocycles. The summed E-state index contributed by atoms with van der Waals surface area (Å²) in [7, 11) is 1.93. The molecule has 21 heavy (non-hydrogen) atoms. The van der Waals surface area contributed by atoms with E-state index in [1.165, 1.54) is 22.5 Å². The quantitative estimate of drug-likeness (QED) is 0.737. The second-order valence-corrected chi connectivity index (χ2v) is 7.96. The first-order valence-electron chi connectivity index (χ1n) is 7.19. The summed E-state index contributed by atoms with van der Waals surface area (Å²) in [5.74, 6) is 0.121. The van der Waals surface area contributed by atoms with Crippen LogP contribution in [-0.4, -0.2) is 17.9 Å². The minimum atomic E-state index is 0.121. The van der Waals surface area contributed by atoms with E-state index in [2.05, 4.69) is 40.2 Å². The predicted octanol–water partition coefficient (Wildman–Crippen LogP) is 4.97. The Morgan fingerprint density at radius 2 is 2.14 bits per heavy atom. The summed E-state index contributed by atoms with van der Waals surface area (Å²) in [6, 6.07) is 10.7. The number of aryl methyl sites for hydroxylation is 2. The van der Waals surface area contributed by atoms with Crippen LogP contribution in [0.15, 0.2) is 34.1 Å². The molecule has 110 valence electrons. The van der Waals surface area contributed by atoms with Crippen LogP contribution in [0, 0.1) is 6.92 Å². The molecule has 0 saturated carbocycles. The van der Waals surface area contributed by atoms with Gasteiger partial charge in [-0.05, 0) is 64.9 Å². The third-order valence-electron chi connectivity index (χ3n) is 4.19. The van der Waals surface area contributed by atoms with Gasteiger partial charge in [-0.25, -0.2) is 0 Å². The van der Waals surface area contributed by atoms with E-state index in [9.17, 15) is 4.79 Å². The molecule has 1 unspecified atom stereocenters. The molecule has 0 bridgehead atoms. The average molecular weight is 364 g/mol. The number of thiophene rings is 1. The Hall–Kier alpha value is -1.13. The number of benzene rings is 1. The van der Waals surface area contributed by atoms with Crippen molar-refractivity contribution >= 4 is 33.2 Å². The number of hydrogen-bond acceptors (Lipinski definition) is 2. The Kier molecular flexibility index (Phi) is 4.18. The van der Waals surface area contributed by atoms with Gasteiger partial charge in [0.05, 0.1) is 14.7 Å². The zero-order valence-electron chi connectivity index (χ0n) is 12.2. The SMILES string of the molecule is Cc1cc(C(=O)N(C)C2CCCc3ccccc32)sc1Br. The standard InChI is InChI=1S/C17H18BrNOS/c1-11-10-15(21-16(11)18)17(20)19(2)14-9-5-7-12-6-3-4-8-13(12)14/h3-4,6,8,10,14H,5,7,9H2,1-2H3. The maximum Gasteiger partial charge on any atom is 0.264 e. The number of fused-ring (bicyclic) bond motifs is 1. The van der Waals surface area contributed by atoms with Crippen LogP contribution in [0.5, 0.6) is 0 Å². The Balaban J connectivity index is 1.89. The molecule has 1 aliphatic carbocycles. The average Bonchev–Trinajstić information content (AvgIpc) is 2.84. The van der Waals surface area contributed by atoms with Crippen molar-refractivity contribution in [2.45, 2.75) is 32.2 Å². The van der Waals surface area contributed by atoms with E-state index >= 15 is 0 Å². The molecular formula is C17H18BrNOS. The van der Waals surface area contributed by atoms with Crippen molar-refractivity contribution in [3.8, 4) is 0 Å². The van der Waals surface area contributed by atoms with Crippen LogP contribution < -0.4 is 0 Å². The van der Waals surface area contributed by atoms with Crippen molar-refractivity contribution in [2.24, 2.45) is 0 Å². The normalized spacial score (nSPS) is 17.4. The van der Waals surface area contributed by atoms with Gasteiger partial charge in [-0.2, -0.15) is 0 Å². The molecule has 3 rings (SSSR count). The Labute approximate surface area is 137 Å². The lowest BCUT2D eigenvalue weighted by Crippen LogP contribution is -2.32. The van der Waals surface area contributed by atoms with Crippen LogP contribution in [0.2, 0.25) is 0 Å². The number of rotatable bonds is 2. The highest BCUT2D eigenvalue weighted by molar-refractivity contribution is 9.11. The van der Waals surface area contributed by atoms with Gasteiger partial charge in [0.1, 0.15) is 0 Å². The van der Waals surface area contributed by atoms with Crippen molar-refractivity contribution in [1.82, 2.24) is 4.90 Å². The molecule has 1 amide bonds. The van der Waals surface area contributed by atoms with Crippen molar-refractivity contribution < 1.29 is 4.79 Å². The van der Waals surface area contributed by atoms with Crippen LogP contribution >= 0.6 is 27.3 Å². The van der Waals surface area contributed by atoms with Crippen LogP contribution in [0.3, 0.4) is 0 Å². The molecule has 2 aromatic rings. The lowest BCUT2D eigenvalue weighted by Gasteiger charge is -2.33. The highest BCUT2D eigenvalue weighted by atomic mass is 79.9. The fourth-order valence-electron chi connectivity index (χ4n) is 3.01. The summed E-state index contributed by atoms with van der Waals surface area (Å²) >= 11 is 5.02. The summed E-state index contributed by atoms with van der Waals surface area (Å²) in [6.45, 7) is 2.02. The number of carbonyl (C=O) groups is 1. The third kappa shape index (κ3) is 2.79. The van der Waals surface area contributed by atoms with Crippen molar-refractivity contribution in [3.05, 3.63) is 55.7 Å². The van der Waals surface area contributed by atoms with E-state index in [4.69, 9.17) is 0 Å². The summed E-state index contributed by atoms with van der Waals surface area (Å²) in [4.78, 5) is 15.5. The van der Waals surface area contributed by atoms with Crippen LogP contribution in [0.25, 0.3) is 0 Å². The van der Waals surface area contributed by atoms with Gasteiger partial charge in [-0.3, -0.25) is 4.79 Å². The zero-order chi connectivity index (χ0) is 15.0. The second kappa shape index (κ2) is 5.93. The number of amides is 1. The molecule has 1 aromatic heterocycles. The van der Waals surface area contributed by atoms with Gasteiger partial charge in [-0.1, -0.05) is 24.3 Å². The van der Waals surface area contributed by atoms with E-state index in [-0.39, 0.29) is 11.9 Å². The molecule has 2 nitrogen and oxygen atoms in total. The van der Waals surface area contributed by atoms with Gasteiger partial charge >= 0.3 is 0 Å². The Morgan fingerprint density at radius 3 is 2.86 bits per heavy atom. The maximum atomic E-state index is 12.7. The highest BCUT2D eigenvalue weighted by Crippen LogP contribution is 2.35. The van der Waals surface area contributed by atoms with Crippen molar-refractivity contribution in [2.75, 3.05) is 7.05 Å². The lowest BCUT2D eigenvalue weighted by molar-refractivity contribution is 0.0720. The molecule has 1 aromatic carbocycles. The van der Waals surface area contributed by atoms with Crippen LogP contribution in [0.4, 0.5) is 0 Å². The van der Waals surface area contributed by atoms with Crippen LogP contribution in [-0.2, 0) is 6.42 Å². The molecule has 4 heteroatoms. The van der Waals surface area contributed by atoms with E-state index in [1.54, 1.807) is 0 Å². The van der Waals surface area contributed by atoms with Gasteiger partial charge in [0.25, 0.3) is 5.91 Å². The highest BCUT2D eigenvalue weighted by Gasteiger charge is 2.27. The van der Waals surface area contributed by atoms with Crippen molar-refractivity contribution in [1.29, 1.82) is 0 Å². The topological polar surface area (TPSA) is 20.3 Å². The van der Waals surface area contributed by atoms with Gasteiger partial charge in [0.2, 0.25) is 0 Å². The van der Waals surface area contributed by atoms with Crippen molar-refractivity contribution in [3.63, 3.8) is 0 Å². The number of hydrogen-bond donors (Lipinski definition) is 0. The van der Waals surface area contributed by atoms with Gasteiger partial charge in [-0.15, -0.1) is 11.3 Å². The van der Waals surface area contributed by atoms with Gasteiger partial charge < -0.3 is 4.90 Å². The zero-order valence-corrected chi connectivity index (χ0v) is 14.6. The predicted molar refractivity (Wildman–Crippen MR) is 91.0 cm³/mol. The van der Waals surface area contributed by atoms with E-state index in [0.29, 0.717) is 0 Å². The fourth-order valence-corrected chi connectivity index (χ4v) is 4.53. The number of nitrogens with zero attached hydrogens (tertiary/aromatic N) is 1. The Morgan fingerprint density at radius 1 is 1.38 bits per heavy atom. The molecule has 1 atom stereocenters. The van der Waals surface area contributed by atoms with E-state index in [1.807, 2.05) is 24.9 Å². The molecule has 0 fully saturated rings. The first-order chi connectivity index (χ1) is 10.1. The summed E-state index contributed by atoms with van der Waals surface area (Å²) in [5.41, 5.74) is 3.82. The molecule has 0 radical (unpaired) electrons. The van der Waals surface area contributed by atoms with Gasteiger partial charge in [0, 0.05) is 7.05 Å². The smallest absolute Gasteiger partial charge is 0.264 e. The van der Waals surface area contributed by atoms with E-state index < -0.39 is 0 Å². The summed E-state index contributed by atoms with van der Waals surface area (Å²) in [6.07, 6.45) is 3.32.